The fraction of sp³-hybridized carbons (Fsp3) is 0.708. The summed E-state index contributed by atoms with van der Waals surface area (Å²) in [4.78, 5) is 12.7. The van der Waals surface area contributed by atoms with Gasteiger partial charge in [0.25, 0.3) is 0 Å². The maximum absolute atomic E-state index is 12.7. The Morgan fingerprint density at radius 2 is 2.07 bits per heavy atom. The van der Waals surface area contributed by atoms with Crippen molar-refractivity contribution in [3.05, 3.63) is 23.3 Å². The lowest BCUT2D eigenvalue weighted by atomic mass is 9.66. The first-order chi connectivity index (χ1) is 14.8. The first kappa shape index (κ1) is 13.6. The second-order valence-corrected chi connectivity index (χ2v) is 9.00. The van der Waals surface area contributed by atoms with E-state index < -0.39 is 42.3 Å². The predicted octanol–water partition coefficient (Wildman–Crippen LogP) is 6.26. The van der Waals surface area contributed by atoms with Crippen molar-refractivity contribution >= 4 is 5.78 Å². The van der Waals surface area contributed by atoms with Crippen molar-refractivity contribution in [2.45, 2.75) is 103 Å². The number of hydrogen-bond donors (Lipinski definition) is 1. The number of Topliss-reactive ketones (excluding diaryl/α,β-unsaturated/α-hetero) is 1. The number of aromatic hydroxyl groups is 1. The number of rotatable bonds is 6. The van der Waals surface area contributed by atoms with Gasteiger partial charge in [-0.15, -0.1) is 0 Å². The van der Waals surface area contributed by atoms with Crippen LogP contribution >= 0.6 is 0 Å². The highest BCUT2D eigenvalue weighted by atomic mass is 16.5. The summed E-state index contributed by atoms with van der Waals surface area (Å²) < 4.78 is 54.9. The number of hydrogen-bond acceptors (Lipinski definition) is 3. The molecule has 1 fully saturated rings. The number of ketones is 1. The van der Waals surface area contributed by atoms with Gasteiger partial charge in [0.2, 0.25) is 0 Å². The summed E-state index contributed by atoms with van der Waals surface area (Å²) in [6.45, 7) is 9.23. The predicted molar refractivity (Wildman–Crippen MR) is 110 cm³/mol. The van der Waals surface area contributed by atoms with Gasteiger partial charge in [-0.2, -0.15) is 0 Å². The molecule has 2 aliphatic rings. The summed E-state index contributed by atoms with van der Waals surface area (Å²) in [6, 6.07) is 3.43. The van der Waals surface area contributed by atoms with Crippen molar-refractivity contribution < 1.29 is 22.9 Å². The topological polar surface area (TPSA) is 46.5 Å². The zero-order valence-electron chi connectivity index (χ0n) is 23.1. The van der Waals surface area contributed by atoms with Gasteiger partial charge in [-0.1, -0.05) is 46.4 Å². The number of unbranched alkanes of at least 4 members (excludes halogenated alkanes) is 1. The molecule has 0 radical (unpaired) electrons. The lowest BCUT2D eigenvalue weighted by Gasteiger charge is -2.47. The summed E-state index contributed by atoms with van der Waals surface area (Å²) in [7, 11) is 0. The molecule has 1 aromatic rings. The fourth-order valence-corrected chi connectivity index (χ4v) is 4.31. The molecule has 1 N–H and O–H groups in total. The minimum atomic E-state index is -2.48. The lowest BCUT2D eigenvalue weighted by molar-refractivity contribution is -0.124. The van der Waals surface area contributed by atoms with Crippen LogP contribution in [0.2, 0.25) is 0 Å². The molecule has 27 heavy (non-hydrogen) atoms. The van der Waals surface area contributed by atoms with Crippen LogP contribution in [0.5, 0.6) is 11.5 Å². The number of benzene rings is 1. The molecule has 1 heterocycles. The number of carbonyl (C=O) groups excluding carboxylic acids is 1. The van der Waals surface area contributed by atoms with Crippen molar-refractivity contribution in [3.8, 4) is 11.5 Å². The van der Waals surface area contributed by atoms with Crippen LogP contribution in [0.3, 0.4) is 0 Å². The summed E-state index contributed by atoms with van der Waals surface area (Å²) in [5.41, 5.74) is -0.200. The molecule has 0 aromatic heterocycles. The Balaban J connectivity index is 1.98. The summed E-state index contributed by atoms with van der Waals surface area (Å²) in [6.07, 6.45) is -3.31. The monoisotopic (exact) mass is 378 g/mol. The molecule has 1 aromatic carbocycles. The Morgan fingerprint density at radius 1 is 1.33 bits per heavy atom. The zero-order chi connectivity index (χ0) is 25.2. The zero-order valence-corrected chi connectivity index (χ0v) is 17.1. The van der Waals surface area contributed by atoms with Crippen LogP contribution in [0.25, 0.3) is 0 Å². The van der Waals surface area contributed by atoms with Crippen molar-refractivity contribution in [2.24, 2.45) is 5.92 Å². The number of fused-ring (bicyclic) bond motifs is 3. The van der Waals surface area contributed by atoms with E-state index in [-0.39, 0.29) is 23.1 Å². The van der Waals surface area contributed by atoms with Gasteiger partial charge in [-0.05, 0) is 49.8 Å². The third-order valence-corrected chi connectivity index (χ3v) is 6.13. The molecule has 1 aliphatic heterocycles. The van der Waals surface area contributed by atoms with Gasteiger partial charge in [-0.25, -0.2) is 0 Å². The first-order valence-electron chi connectivity index (χ1n) is 12.9. The van der Waals surface area contributed by atoms with E-state index in [1.54, 1.807) is 26.8 Å². The molecular formula is C24H36O3. The van der Waals surface area contributed by atoms with Gasteiger partial charge in [-0.3, -0.25) is 4.79 Å². The molecule has 0 amide bonds. The maximum atomic E-state index is 12.7. The molecule has 2 atom stereocenters. The maximum Gasteiger partial charge on any atom is 0.133 e. The average Bonchev–Trinajstić information content (AvgIpc) is 2.63. The SMILES string of the molecule is [2H]C([2H])(C)CCCCC(C)(C)c1cc(O)c2c(c1)OC(C)(C)[C@@H]1CC([2H])([2H])C(=O)C([2H])([2H])[C@@H]21. The van der Waals surface area contributed by atoms with Gasteiger partial charge in [0, 0.05) is 38.4 Å². The van der Waals surface area contributed by atoms with Gasteiger partial charge in [0.15, 0.2) is 0 Å². The first-order valence-corrected chi connectivity index (χ1v) is 9.91. The van der Waals surface area contributed by atoms with Crippen molar-refractivity contribution in [2.75, 3.05) is 0 Å². The summed E-state index contributed by atoms with van der Waals surface area (Å²) >= 11 is 0. The molecule has 150 valence electrons. The second-order valence-electron chi connectivity index (χ2n) is 9.00. The van der Waals surface area contributed by atoms with Gasteiger partial charge in [0.05, 0.1) is 0 Å². The molecule has 3 heteroatoms. The van der Waals surface area contributed by atoms with Crippen LogP contribution in [0.15, 0.2) is 12.1 Å². The molecule has 0 bridgehead atoms. The normalized spacial score (nSPS) is 31.7. The molecule has 3 nitrogen and oxygen atoms in total. The molecule has 0 unspecified atom stereocenters. The van der Waals surface area contributed by atoms with Gasteiger partial charge >= 0.3 is 0 Å². The number of ether oxygens (including phenoxy) is 1. The van der Waals surface area contributed by atoms with Crippen LogP contribution in [0.1, 0.15) is 111 Å². The van der Waals surface area contributed by atoms with Gasteiger partial charge in [0.1, 0.15) is 22.9 Å². The van der Waals surface area contributed by atoms with Crippen molar-refractivity contribution in [1.29, 1.82) is 0 Å². The summed E-state index contributed by atoms with van der Waals surface area (Å²) in [5, 5.41) is 11.0. The highest BCUT2D eigenvalue weighted by molar-refractivity contribution is 5.81. The third kappa shape index (κ3) is 4.02. The highest BCUT2D eigenvalue weighted by Gasteiger charge is 2.47. The van der Waals surface area contributed by atoms with E-state index in [9.17, 15) is 9.90 Å². The van der Waals surface area contributed by atoms with E-state index in [4.69, 9.17) is 13.0 Å². The largest absolute Gasteiger partial charge is 0.508 e. The molecule has 0 saturated heterocycles. The quantitative estimate of drug-likeness (QED) is 0.594. The number of phenolic OH excluding ortho intramolecular Hbond substituents is 1. The van der Waals surface area contributed by atoms with Gasteiger partial charge < -0.3 is 9.84 Å². The Labute approximate surface area is 172 Å². The standard InChI is InChI=1S/C24H36O3/c1-6-7-8-9-12-23(2,3)16-13-20(26)22-18-15-17(25)10-11-19(18)24(4,5)27-21(22)14-16/h13-14,18-19,26H,6-12,15H2,1-5H3/t18-,19-/m1/s1/i6D2,10D2,15D2. The fourth-order valence-electron chi connectivity index (χ4n) is 4.31. The Hall–Kier alpha value is -1.51. The number of carbonyl (C=O) groups is 1. The van der Waals surface area contributed by atoms with E-state index in [0.717, 1.165) is 24.8 Å². The van der Waals surface area contributed by atoms with E-state index in [2.05, 4.69) is 0 Å². The van der Waals surface area contributed by atoms with Crippen LogP contribution in [-0.4, -0.2) is 16.5 Å². The lowest BCUT2D eigenvalue weighted by Crippen LogP contribution is -2.47. The molecule has 0 spiro atoms. The van der Waals surface area contributed by atoms with Crippen molar-refractivity contribution in [3.63, 3.8) is 0 Å². The van der Waals surface area contributed by atoms with E-state index in [1.165, 1.54) is 0 Å². The van der Waals surface area contributed by atoms with Crippen LogP contribution in [0.4, 0.5) is 0 Å². The smallest absolute Gasteiger partial charge is 0.133 e. The molecule has 1 aliphatic carbocycles. The third-order valence-electron chi connectivity index (χ3n) is 6.13. The molecule has 3 rings (SSSR count). The minimum absolute atomic E-state index is 0.134. The van der Waals surface area contributed by atoms with Crippen LogP contribution in [-0.2, 0) is 10.2 Å². The van der Waals surface area contributed by atoms with Crippen LogP contribution < -0.4 is 4.74 Å². The van der Waals surface area contributed by atoms with E-state index in [1.807, 2.05) is 19.9 Å². The van der Waals surface area contributed by atoms with E-state index >= 15 is 0 Å². The Morgan fingerprint density at radius 3 is 2.78 bits per heavy atom. The number of phenols is 1. The Kier molecular flexibility index (Phi) is 3.78. The Bertz CT molecular complexity index is 933. The second kappa shape index (κ2) is 7.48. The van der Waals surface area contributed by atoms with Crippen molar-refractivity contribution in [1.82, 2.24) is 0 Å². The molecular weight excluding hydrogens is 336 g/mol. The molecule has 1 saturated carbocycles. The minimum Gasteiger partial charge on any atom is -0.508 e. The highest BCUT2D eigenvalue weighted by Crippen LogP contribution is 2.54. The average molecular weight is 379 g/mol. The van der Waals surface area contributed by atoms with E-state index in [0.29, 0.717) is 12.2 Å². The summed E-state index contributed by atoms with van der Waals surface area (Å²) in [5.74, 6) is -2.50. The van der Waals surface area contributed by atoms with Crippen LogP contribution in [0, 0.1) is 5.92 Å².